The number of ether oxygens (including phenoxy) is 2. The monoisotopic (exact) mass is 377 g/mol. The number of rotatable bonds is 11. The van der Waals surface area contributed by atoms with Gasteiger partial charge in [-0.3, -0.25) is 4.79 Å². The molecule has 0 aliphatic rings. The zero-order valence-corrected chi connectivity index (χ0v) is 15.8. The zero-order valence-electron chi connectivity index (χ0n) is 15.8. The van der Waals surface area contributed by atoms with E-state index in [2.05, 4.69) is 5.32 Å². The molecule has 2 aromatic rings. The average Bonchev–Trinajstić information content (AvgIpc) is 2.63. The average molecular weight is 377 g/mol. The fourth-order valence-corrected chi connectivity index (χ4v) is 2.55. The van der Waals surface area contributed by atoms with Crippen LogP contribution in [0.5, 0.6) is 0 Å². The molecular weight excluding hydrogens is 350 g/mol. The lowest BCUT2D eigenvalue weighted by Crippen LogP contribution is -2.29. The van der Waals surface area contributed by atoms with Crippen LogP contribution in [0.1, 0.15) is 5.56 Å². The highest BCUT2D eigenvalue weighted by Gasteiger charge is 2.11. The first-order chi connectivity index (χ1) is 13.0. The van der Waals surface area contributed by atoms with Crippen LogP contribution in [0.15, 0.2) is 33.5 Å². The normalized spacial score (nSPS) is 10.9. The van der Waals surface area contributed by atoms with Gasteiger partial charge in [-0.25, -0.2) is 4.79 Å². The summed E-state index contributed by atoms with van der Waals surface area (Å²) in [6.07, 6.45) is 0.100. The van der Waals surface area contributed by atoms with Crippen LogP contribution < -0.4 is 21.6 Å². The molecule has 0 aliphatic carbocycles. The predicted molar refractivity (Wildman–Crippen MR) is 104 cm³/mol. The summed E-state index contributed by atoms with van der Waals surface area (Å²) in [5.41, 5.74) is 6.87. The van der Waals surface area contributed by atoms with Gasteiger partial charge in [-0.1, -0.05) is 0 Å². The van der Waals surface area contributed by atoms with Gasteiger partial charge in [-0.2, -0.15) is 0 Å². The highest BCUT2D eigenvalue weighted by molar-refractivity contribution is 5.88. The molecule has 0 saturated heterocycles. The molecule has 148 valence electrons. The number of amides is 1. The number of benzene rings is 1. The summed E-state index contributed by atoms with van der Waals surface area (Å²) in [5, 5.41) is 3.53. The summed E-state index contributed by atoms with van der Waals surface area (Å²) in [4.78, 5) is 25.9. The number of fused-ring (bicyclic) bond motifs is 1. The highest BCUT2D eigenvalue weighted by Crippen LogP contribution is 2.23. The number of carbonyl (C=O) groups excluding carboxylic acids is 1. The Morgan fingerprint density at radius 1 is 1.15 bits per heavy atom. The van der Waals surface area contributed by atoms with Gasteiger partial charge in [0.25, 0.3) is 0 Å². The molecule has 0 saturated carbocycles. The number of nitrogens with zero attached hydrogens (tertiary/aromatic N) is 1. The van der Waals surface area contributed by atoms with Crippen molar-refractivity contribution in [2.24, 2.45) is 5.73 Å². The molecule has 0 radical (unpaired) electrons. The molecule has 27 heavy (non-hydrogen) atoms. The predicted octanol–water partition coefficient (Wildman–Crippen LogP) is 0.510. The summed E-state index contributed by atoms with van der Waals surface area (Å²) in [5.74, 6) is -0.179. The fraction of sp³-hybridized carbons (Fsp3) is 0.474. The van der Waals surface area contributed by atoms with Gasteiger partial charge in [0.1, 0.15) is 5.58 Å². The Hall–Kier alpha value is -2.42. The number of hydrogen-bond acceptors (Lipinski definition) is 7. The van der Waals surface area contributed by atoms with E-state index in [1.165, 1.54) is 6.07 Å². The van der Waals surface area contributed by atoms with Crippen LogP contribution in [-0.2, 0) is 20.7 Å². The first-order valence-electron chi connectivity index (χ1n) is 8.87. The third kappa shape index (κ3) is 6.67. The molecule has 1 heterocycles. The molecule has 0 fully saturated rings. The van der Waals surface area contributed by atoms with Gasteiger partial charge in [0.2, 0.25) is 5.91 Å². The summed E-state index contributed by atoms with van der Waals surface area (Å²) in [6.45, 7) is 2.70. The molecule has 1 amide bonds. The zero-order chi connectivity index (χ0) is 19.6. The summed E-state index contributed by atoms with van der Waals surface area (Å²) >= 11 is 0. The first kappa shape index (κ1) is 20.9. The van der Waals surface area contributed by atoms with Crippen molar-refractivity contribution in [1.82, 2.24) is 5.32 Å². The lowest BCUT2D eigenvalue weighted by molar-refractivity contribution is -0.120. The van der Waals surface area contributed by atoms with Crippen LogP contribution in [0.25, 0.3) is 11.0 Å². The number of hydrogen-bond donors (Lipinski definition) is 2. The Morgan fingerprint density at radius 3 is 2.59 bits per heavy atom. The maximum Gasteiger partial charge on any atom is 0.336 e. The van der Waals surface area contributed by atoms with Gasteiger partial charge in [0.05, 0.1) is 32.8 Å². The van der Waals surface area contributed by atoms with Crippen molar-refractivity contribution in [3.05, 3.63) is 40.2 Å². The molecule has 8 heteroatoms. The van der Waals surface area contributed by atoms with Crippen LogP contribution in [-0.4, -0.2) is 59.5 Å². The number of carbonyl (C=O) groups is 1. The molecule has 0 aliphatic heterocycles. The molecule has 0 atom stereocenters. The van der Waals surface area contributed by atoms with E-state index in [0.717, 1.165) is 11.1 Å². The van der Waals surface area contributed by atoms with Crippen molar-refractivity contribution in [2.75, 3.05) is 58.5 Å². The van der Waals surface area contributed by atoms with Crippen molar-refractivity contribution >= 4 is 22.6 Å². The van der Waals surface area contributed by atoms with E-state index < -0.39 is 5.63 Å². The highest BCUT2D eigenvalue weighted by atomic mass is 16.5. The molecular formula is C19H27N3O5. The third-order valence-electron chi connectivity index (χ3n) is 3.88. The van der Waals surface area contributed by atoms with Gasteiger partial charge >= 0.3 is 5.63 Å². The van der Waals surface area contributed by atoms with Gasteiger partial charge in [-0.15, -0.1) is 0 Å². The number of nitrogens with two attached hydrogens (primary N) is 1. The van der Waals surface area contributed by atoms with E-state index in [4.69, 9.17) is 19.6 Å². The van der Waals surface area contributed by atoms with E-state index >= 15 is 0 Å². The second-order valence-electron chi connectivity index (χ2n) is 6.21. The van der Waals surface area contributed by atoms with Crippen molar-refractivity contribution in [2.45, 2.75) is 6.42 Å². The van der Waals surface area contributed by atoms with Gasteiger partial charge in [0.15, 0.2) is 0 Å². The second-order valence-corrected chi connectivity index (χ2v) is 6.21. The minimum Gasteiger partial charge on any atom is -0.423 e. The Labute approximate surface area is 158 Å². The number of anilines is 1. The summed E-state index contributed by atoms with van der Waals surface area (Å²) in [6, 6.07) is 6.94. The number of nitrogens with one attached hydrogen (secondary N) is 1. The van der Waals surface area contributed by atoms with Crippen molar-refractivity contribution in [3.8, 4) is 0 Å². The van der Waals surface area contributed by atoms with Crippen molar-refractivity contribution < 1.29 is 18.7 Å². The van der Waals surface area contributed by atoms with Crippen LogP contribution in [0.3, 0.4) is 0 Å². The molecule has 2 rings (SSSR count). The second kappa shape index (κ2) is 10.7. The maximum absolute atomic E-state index is 12.2. The van der Waals surface area contributed by atoms with Crippen LogP contribution in [0.4, 0.5) is 5.69 Å². The first-order valence-corrected chi connectivity index (χ1v) is 8.87. The molecule has 3 N–H and O–H groups in total. The largest absolute Gasteiger partial charge is 0.423 e. The minimum absolute atomic E-state index is 0.100. The van der Waals surface area contributed by atoms with Crippen LogP contribution in [0.2, 0.25) is 0 Å². The van der Waals surface area contributed by atoms with E-state index in [0.29, 0.717) is 50.7 Å². The van der Waals surface area contributed by atoms with E-state index in [-0.39, 0.29) is 12.3 Å². The Kier molecular flexibility index (Phi) is 8.25. The summed E-state index contributed by atoms with van der Waals surface area (Å²) < 4.78 is 15.8. The topological polar surface area (TPSA) is 107 Å². The van der Waals surface area contributed by atoms with Crippen LogP contribution in [0, 0.1) is 0 Å². The molecule has 0 unspecified atom stereocenters. The quantitative estimate of drug-likeness (QED) is 0.434. The van der Waals surface area contributed by atoms with Gasteiger partial charge in [-0.05, 0) is 17.7 Å². The molecule has 1 aromatic carbocycles. The maximum atomic E-state index is 12.2. The lowest BCUT2D eigenvalue weighted by Gasteiger charge is -2.13. The van der Waals surface area contributed by atoms with Crippen LogP contribution >= 0.6 is 0 Å². The SMILES string of the molecule is CN(C)c1ccc2c(CC(=O)NCCOCCOCCN)cc(=O)oc2c1. The van der Waals surface area contributed by atoms with E-state index in [1.807, 2.05) is 31.1 Å². The Morgan fingerprint density at radius 2 is 1.89 bits per heavy atom. The molecule has 1 aromatic heterocycles. The standard InChI is InChI=1S/C19H27N3O5/c1-22(2)15-3-4-16-14(12-19(24)27-17(16)13-15)11-18(23)21-6-8-26-10-9-25-7-5-20/h3-4,12-13H,5-11,20H2,1-2H3,(H,21,23). The minimum atomic E-state index is -0.470. The van der Waals surface area contributed by atoms with E-state index in [1.54, 1.807) is 6.07 Å². The summed E-state index contributed by atoms with van der Waals surface area (Å²) in [7, 11) is 3.81. The molecule has 8 nitrogen and oxygen atoms in total. The molecule has 0 spiro atoms. The molecule has 0 bridgehead atoms. The fourth-order valence-electron chi connectivity index (χ4n) is 2.55. The Bertz CT molecular complexity index is 804. The smallest absolute Gasteiger partial charge is 0.336 e. The third-order valence-corrected chi connectivity index (χ3v) is 3.88. The van der Waals surface area contributed by atoms with E-state index in [9.17, 15) is 9.59 Å². The Balaban J connectivity index is 1.88. The van der Waals surface area contributed by atoms with Gasteiger partial charge in [0, 0.05) is 50.4 Å². The lowest BCUT2D eigenvalue weighted by atomic mass is 10.1. The van der Waals surface area contributed by atoms with Crippen molar-refractivity contribution in [1.29, 1.82) is 0 Å². The van der Waals surface area contributed by atoms with Gasteiger partial charge < -0.3 is 29.8 Å². The van der Waals surface area contributed by atoms with Crippen molar-refractivity contribution in [3.63, 3.8) is 0 Å².